The van der Waals surface area contributed by atoms with Crippen molar-refractivity contribution in [1.82, 2.24) is 14.8 Å². The van der Waals surface area contributed by atoms with Gasteiger partial charge in [-0.05, 0) is 19.1 Å². The number of carboxylic acid groups (broad SMARTS) is 1. The van der Waals surface area contributed by atoms with E-state index in [9.17, 15) is 4.79 Å². The third-order valence-electron chi connectivity index (χ3n) is 2.12. The second-order valence-electron chi connectivity index (χ2n) is 3.32. The van der Waals surface area contributed by atoms with Gasteiger partial charge in [-0.1, -0.05) is 0 Å². The minimum atomic E-state index is -1.06. The molecule has 0 aliphatic rings. The highest BCUT2D eigenvalue weighted by Gasteiger charge is 2.05. The fourth-order valence-electron chi connectivity index (χ4n) is 1.27. The second-order valence-corrected chi connectivity index (χ2v) is 3.32. The van der Waals surface area contributed by atoms with E-state index in [2.05, 4.69) is 10.1 Å². The fourth-order valence-corrected chi connectivity index (χ4v) is 1.27. The first-order chi connectivity index (χ1) is 8.19. The van der Waals surface area contributed by atoms with Crippen LogP contribution in [0.5, 0.6) is 11.5 Å². The Kier molecular flexibility index (Phi) is 3.04. The van der Waals surface area contributed by atoms with Gasteiger partial charge in [0.2, 0.25) is 0 Å². The molecule has 0 aromatic carbocycles. The van der Waals surface area contributed by atoms with Gasteiger partial charge in [-0.15, -0.1) is 0 Å². The molecule has 0 spiro atoms. The number of ether oxygens (including phenoxy) is 1. The van der Waals surface area contributed by atoms with Gasteiger partial charge in [-0.3, -0.25) is 4.68 Å². The van der Waals surface area contributed by atoms with Crippen molar-refractivity contribution in [3.63, 3.8) is 0 Å². The largest absolute Gasteiger partial charge is 0.477 e. The monoisotopic (exact) mass is 233 g/mol. The summed E-state index contributed by atoms with van der Waals surface area (Å²) in [4.78, 5) is 14.3. The molecule has 2 rings (SSSR count). The quantitative estimate of drug-likeness (QED) is 0.871. The van der Waals surface area contributed by atoms with Gasteiger partial charge in [0.25, 0.3) is 0 Å². The molecule has 0 aliphatic carbocycles. The lowest BCUT2D eigenvalue weighted by molar-refractivity contribution is 0.0690. The number of carbonyl (C=O) groups is 1. The van der Waals surface area contributed by atoms with Crippen LogP contribution in [0.25, 0.3) is 0 Å². The number of pyridine rings is 1. The highest BCUT2D eigenvalue weighted by Crippen LogP contribution is 2.19. The van der Waals surface area contributed by atoms with E-state index < -0.39 is 5.97 Å². The van der Waals surface area contributed by atoms with Gasteiger partial charge in [0.15, 0.2) is 5.75 Å². The molecule has 0 amide bonds. The Hall–Kier alpha value is -2.37. The molecule has 0 aliphatic heterocycles. The molecule has 0 fully saturated rings. The van der Waals surface area contributed by atoms with Crippen molar-refractivity contribution >= 4 is 5.97 Å². The average Bonchev–Trinajstić information content (AvgIpc) is 2.77. The predicted octanol–water partition coefficient (Wildman–Crippen LogP) is 1.79. The molecule has 0 atom stereocenters. The van der Waals surface area contributed by atoms with Crippen LogP contribution in [0.4, 0.5) is 0 Å². The second kappa shape index (κ2) is 4.65. The predicted molar refractivity (Wildman–Crippen MR) is 59.2 cm³/mol. The number of rotatable bonds is 4. The van der Waals surface area contributed by atoms with Gasteiger partial charge in [0, 0.05) is 6.54 Å². The van der Waals surface area contributed by atoms with Crippen LogP contribution < -0.4 is 4.74 Å². The van der Waals surface area contributed by atoms with Crippen LogP contribution >= 0.6 is 0 Å². The van der Waals surface area contributed by atoms with E-state index in [1.54, 1.807) is 23.1 Å². The van der Waals surface area contributed by atoms with E-state index in [0.29, 0.717) is 11.5 Å². The number of nitrogens with zero attached hydrogens (tertiary/aromatic N) is 3. The molecule has 88 valence electrons. The lowest BCUT2D eigenvalue weighted by Gasteiger charge is -2.01. The summed E-state index contributed by atoms with van der Waals surface area (Å²) < 4.78 is 7.19. The maximum atomic E-state index is 10.6. The Morgan fingerprint density at radius 1 is 1.41 bits per heavy atom. The molecule has 6 heteroatoms. The summed E-state index contributed by atoms with van der Waals surface area (Å²) in [5, 5.41) is 12.7. The third kappa shape index (κ3) is 2.60. The zero-order chi connectivity index (χ0) is 12.3. The highest BCUT2D eigenvalue weighted by molar-refractivity contribution is 5.85. The summed E-state index contributed by atoms with van der Waals surface area (Å²) in [6, 6.07) is 2.95. The Morgan fingerprint density at radius 2 is 2.24 bits per heavy atom. The van der Waals surface area contributed by atoms with Gasteiger partial charge >= 0.3 is 5.97 Å². The molecule has 17 heavy (non-hydrogen) atoms. The van der Waals surface area contributed by atoms with Crippen molar-refractivity contribution < 1.29 is 14.6 Å². The van der Waals surface area contributed by atoms with E-state index >= 15 is 0 Å². The lowest BCUT2D eigenvalue weighted by Crippen LogP contribution is -1.99. The first kappa shape index (κ1) is 11.1. The molecule has 6 nitrogen and oxygen atoms in total. The Morgan fingerprint density at radius 3 is 2.76 bits per heavy atom. The minimum Gasteiger partial charge on any atom is -0.477 e. The SMILES string of the molecule is CCn1cc(Oc2ccc(C(=O)O)nc2)cn1. The van der Waals surface area contributed by atoms with Crippen molar-refractivity contribution in [2.24, 2.45) is 0 Å². The third-order valence-corrected chi connectivity index (χ3v) is 2.12. The van der Waals surface area contributed by atoms with E-state index in [-0.39, 0.29) is 5.69 Å². The van der Waals surface area contributed by atoms with Crippen LogP contribution in [0.3, 0.4) is 0 Å². The molecular formula is C11H11N3O3. The van der Waals surface area contributed by atoms with Crippen LogP contribution in [0.15, 0.2) is 30.7 Å². The normalized spacial score (nSPS) is 10.2. The summed E-state index contributed by atoms with van der Waals surface area (Å²) in [5.41, 5.74) is -0.0124. The minimum absolute atomic E-state index is 0.0124. The maximum absolute atomic E-state index is 10.6. The summed E-state index contributed by atoms with van der Waals surface area (Å²) >= 11 is 0. The molecule has 0 radical (unpaired) electrons. The van der Waals surface area contributed by atoms with E-state index in [1.807, 2.05) is 6.92 Å². The topological polar surface area (TPSA) is 77.2 Å². The molecule has 0 bridgehead atoms. The molecular weight excluding hydrogens is 222 g/mol. The Bertz CT molecular complexity index is 519. The first-order valence-corrected chi connectivity index (χ1v) is 5.08. The van der Waals surface area contributed by atoms with Crippen molar-refractivity contribution in [2.75, 3.05) is 0 Å². The van der Waals surface area contributed by atoms with Crippen LogP contribution in [0.1, 0.15) is 17.4 Å². The standard InChI is InChI=1S/C11H11N3O3/c1-2-14-7-9(6-13-14)17-8-3-4-10(11(15)16)12-5-8/h3-7H,2H2,1H3,(H,15,16). The molecule has 0 saturated carbocycles. The summed E-state index contributed by atoms with van der Waals surface area (Å²) in [5.74, 6) is 0.0118. The number of carboxylic acids is 1. The van der Waals surface area contributed by atoms with Crippen molar-refractivity contribution in [3.05, 3.63) is 36.4 Å². The van der Waals surface area contributed by atoms with Crippen molar-refractivity contribution in [3.8, 4) is 11.5 Å². The Labute approximate surface area is 97.5 Å². The molecule has 1 N–H and O–H groups in total. The summed E-state index contributed by atoms with van der Waals surface area (Å²) in [6.45, 7) is 2.74. The molecule has 0 saturated heterocycles. The van der Waals surface area contributed by atoms with E-state index in [1.165, 1.54) is 12.3 Å². The maximum Gasteiger partial charge on any atom is 0.354 e. The van der Waals surface area contributed by atoms with Crippen LogP contribution in [-0.2, 0) is 6.54 Å². The zero-order valence-corrected chi connectivity index (χ0v) is 9.20. The summed E-state index contributed by atoms with van der Waals surface area (Å²) in [6.07, 6.45) is 4.71. The fraction of sp³-hybridized carbons (Fsp3) is 0.182. The summed E-state index contributed by atoms with van der Waals surface area (Å²) in [7, 11) is 0. The van der Waals surface area contributed by atoms with Gasteiger partial charge < -0.3 is 9.84 Å². The zero-order valence-electron chi connectivity index (χ0n) is 9.20. The van der Waals surface area contributed by atoms with Crippen LogP contribution in [0.2, 0.25) is 0 Å². The molecule has 2 aromatic rings. The number of hydrogen-bond acceptors (Lipinski definition) is 4. The number of aromatic carboxylic acids is 1. The Balaban J connectivity index is 2.10. The van der Waals surface area contributed by atoms with E-state index in [4.69, 9.17) is 9.84 Å². The van der Waals surface area contributed by atoms with Crippen LogP contribution in [0, 0.1) is 0 Å². The van der Waals surface area contributed by atoms with Crippen molar-refractivity contribution in [2.45, 2.75) is 13.5 Å². The smallest absolute Gasteiger partial charge is 0.354 e. The molecule has 0 unspecified atom stereocenters. The van der Waals surface area contributed by atoms with Crippen LogP contribution in [-0.4, -0.2) is 25.8 Å². The van der Waals surface area contributed by atoms with Gasteiger partial charge in [0.05, 0.1) is 18.6 Å². The van der Waals surface area contributed by atoms with Crippen molar-refractivity contribution in [1.29, 1.82) is 0 Å². The van der Waals surface area contributed by atoms with E-state index in [0.717, 1.165) is 6.54 Å². The first-order valence-electron chi connectivity index (χ1n) is 5.08. The number of aryl methyl sites for hydroxylation is 1. The highest BCUT2D eigenvalue weighted by atomic mass is 16.5. The lowest BCUT2D eigenvalue weighted by atomic mass is 10.3. The number of aromatic nitrogens is 3. The van der Waals surface area contributed by atoms with Gasteiger partial charge in [0.1, 0.15) is 11.4 Å². The molecule has 2 heterocycles. The van der Waals surface area contributed by atoms with Gasteiger partial charge in [-0.25, -0.2) is 9.78 Å². The number of hydrogen-bond donors (Lipinski definition) is 1. The molecule has 2 aromatic heterocycles. The van der Waals surface area contributed by atoms with Gasteiger partial charge in [-0.2, -0.15) is 5.10 Å². The average molecular weight is 233 g/mol.